The van der Waals surface area contributed by atoms with Gasteiger partial charge in [-0.1, -0.05) is 20.8 Å². The lowest BCUT2D eigenvalue weighted by molar-refractivity contribution is -0.0597. The van der Waals surface area contributed by atoms with Crippen molar-refractivity contribution in [1.29, 1.82) is 0 Å². The largest absolute Gasteiger partial charge is 0.297 e. The molecule has 1 saturated carbocycles. The van der Waals surface area contributed by atoms with Crippen LogP contribution in [-0.4, -0.2) is 47.6 Å². The van der Waals surface area contributed by atoms with Gasteiger partial charge in [-0.15, -0.1) is 0 Å². The van der Waals surface area contributed by atoms with E-state index < -0.39 is 0 Å². The summed E-state index contributed by atoms with van der Waals surface area (Å²) in [5.41, 5.74) is 0.869. The fourth-order valence-electron chi connectivity index (χ4n) is 5.21. The smallest absolute Gasteiger partial charge is 0.0351 e. The van der Waals surface area contributed by atoms with Gasteiger partial charge in [-0.2, -0.15) is 0 Å². The van der Waals surface area contributed by atoms with Gasteiger partial charge < -0.3 is 0 Å². The highest BCUT2D eigenvalue weighted by Crippen LogP contribution is 2.51. The number of nitrogens with zero attached hydrogens (tertiary/aromatic N) is 2. The maximum atomic E-state index is 2.84. The van der Waals surface area contributed by atoms with Gasteiger partial charge in [-0.25, -0.2) is 0 Å². The molecule has 2 heterocycles. The molecule has 0 radical (unpaired) electrons. The third kappa shape index (κ3) is 2.54. The molecule has 0 aromatic carbocycles. The van der Waals surface area contributed by atoms with Crippen LogP contribution in [0.15, 0.2) is 0 Å². The fraction of sp³-hybridized carbons (Fsp3) is 1.00. The molecule has 2 atom stereocenters. The van der Waals surface area contributed by atoms with Crippen molar-refractivity contribution in [3.8, 4) is 0 Å². The summed E-state index contributed by atoms with van der Waals surface area (Å²) in [4.78, 5) is 5.47. The number of hydrogen-bond donors (Lipinski definition) is 0. The van der Waals surface area contributed by atoms with E-state index in [4.69, 9.17) is 0 Å². The molecule has 3 fully saturated rings. The van der Waals surface area contributed by atoms with E-state index in [1.54, 1.807) is 0 Å². The van der Waals surface area contributed by atoms with Crippen LogP contribution in [0.5, 0.6) is 0 Å². The van der Waals surface area contributed by atoms with Gasteiger partial charge in [-0.05, 0) is 56.8 Å². The van der Waals surface area contributed by atoms with Crippen LogP contribution in [0.4, 0.5) is 0 Å². The minimum absolute atomic E-state index is 0.360. The Balaban J connectivity index is 1.59. The van der Waals surface area contributed by atoms with Gasteiger partial charge in [0.15, 0.2) is 0 Å². The van der Waals surface area contributed by atoms with Crippen molar-refractivity contribution in [3.05, 3.63) is 0 Å². The maximum absolute atomic E-state index is 2.84. The summed E-state index contributed by atoms with van der Waals surface area (Å²) in [7, 11) is 0. The van der Waals surface area contributed by atoms with Crippen LogP contribution in [-0.2, 0) is 0 Å². The first kappa shape index (κ1) is 14.8. The van der Waals surface area contributed by atoms with Crippen molar-refractivity contribution >= 4 is 0 Å². The van der Waals surface area contributed by atoms with E-state index in [9.17, 15) is 0 Å². The highest BCUT2D eigenvalue weighted by Gasteiger charge is 2.49. The van der Waals surface area contributed by atoms with Crippen molar-refractivity contribution in [2.75, 3.05) is 26.2 Å². The Bertz CT molecular complexity index is 343. The fourth-order valence-corrected chi connectivity index (χ4v) is 5.21. The second-order valence-corrected chi connectivity index (χ2v) is 9.67. The molecule has 0 aromatic heterocycles. The zero-order valence-corrected chi connectivity index (χ0v) is 14.4. The van der Waals surface area contributed by atoms with Crippen molar-refractivity contribution in [3.63, 3.8) is 0 Å². The molecule has 2 heteroatoms. The standard InChI is InChI=1S/C18H34N2/c1-17(2,3)16-13-7-8-14(16)10-19(9-13)15-11-20(12-15)18(4,5)6/h13-16H,7-12H2,1-6H3. The second-order valence-electron chi connectivity index (χ2n) is 9.67. The second kappa shape index (κ2) is 4.71. The Labute approximate surface area is 125 Å². The molecule has 3 aliphatic rings. The molecule has 2 saturated heterocycles. The van der Waals surface area contributed by atoms with E-state index in [0.29, 0.717) is 11.0 Å². The van der Waals surface area contributed by atoms with Crippen LogP contribution in [0, 0.1) is 23.2 Å². The third-order valence-corrected chi connectivity index (χ3v) is 6.19. The Morgan fingerprint density at radius 1 is 0.750 bits per heavy atom. The summed E-state index contributed by atoms with van der Waals surface area (Å²) in [6, 6.07) is 0.846. The van der Waals surface area contributed by atoms with Crippen molar-refractivity contribution in [1.82, 2.24) is 9.80 Å². The molecule has 116 valence electrons. The number of hydrogen-bond acceptors (Lipinski definition) is 2. The van der Waals surface area contributed by atoms with Crippen molar-refractivity contribution in [2.24, 2.45) is 23.2 Å². The number of rotatable bonds is 1. The minimum atomic E-state index is 0.360. The first-order valence-corrected chi connectivity index (χ1v) is 8.65. The van der Waals surface area contributed by atoms with Gasteiger partial charge in [0.1, 0.15) is 0 Å². The highest BCUT2D eigenvalue weighted by molar-refractivity contribution is 5.02. The van der Waals surface area contributed by atoms with Gasteiger partial charge in [-0.3, -0.25) is 9.80 Å². The molecular formula is C18H34N2. The molecule has 0 N–H and O–H groups in total. The van der Waals surface area contributed by atoms with Crippen LogP contribution in [0.25, 0.3) is 0 Å². The molecule has 20 heavy (non-hydrogen) atoms. The molecule has 0 amide bonds. The quantitative estimate of drug-likeness (QED) is 0.724. The van der Waals surface area contributed by atoms with E-state index in [2.05, 4.69) is 51.3 Å². The molecule has 3 rings (SSSR count). The Kier molecular flexibility index (Phi) is 3.49. The molecule has 2 unspecified atom stereocenters. The van der Waals surface area contributed by atoms with E-state index in [1.165, 1.54) is 39.0 Å². The summed E-state index contributed by atoms with van der Waals surface area (Å²) < 4.78 is 0. The predicted octanol–water partition coefficient (Wildman–Crippen LogP) is 3.47. The summed E-state index contributed by atoms with van der Waals surface area (Å²) >= 11 is 0. The Morgan fingerprint density at radius 2 is 1.25 bits per heavy atom. The molecule has 0 spiro atoms. The minimum Gasteiger partial charge on any atom is -0.297 e. The SMILES string of the molecule is CC(C)(C)C1C2CCC1CN(C1CN(C(C)(C)C)C1)C2. The van der Waals surface area contributed by atoms with Gasteiger partial charge in [0, 0.05) is 37.8 Å². The van der Waals surface area contributed by atoms with Crippen LogP contribution in [0.3, 0.4) is 0 Å². The first-order valence-electron chi connectivity index (χ1n) is 8.65. The summed E-state index contributed by atoms with van der Waals surface area (Å²) in [6.45, 7) is 19.8. The topological polar surface area (TPSA) is 6.48 Å². The van der Waals surface area contributed by atoms with Crippen LogP contribution >= 0.6 is 0 Å². The van der Waals surface area contributed by atoms with Gasteiger partial charge in [0.2, 0.25) is 0 Å². The third-order valence-electron chi connectivity index (χ3n) is 6.19. The van der Waals surface area contributed by atoms with E-state index in [0.717, 1.165) is 23.8 Å². The van der Waals surface area contributed by atoms with E-state index >= 15 is 0 Å². The maximum Gasteiger partial charge on any atom is 0.0351 e. The van der Waals surface area contributed by atoms with Crippen molar-refractivity contribution < 1.29 is 0 Å². The zero-order valence-electron chi connectivity index (χ0n) is 14.4. The Morgan fingerprint density at radius 3 is 1.65 bits per heavy atom. The highest BCUT2D eigenvalue weighted by atomic mass is 15.3. The number of likely N-dealkylation sites (tertiary alicyclic amines) is 2. The van der Waals surface area contributed by atoms with Gasteiger partial charge in [0.25, 0.3) is 0 Å². The molecule has 2 aliphatic heterocycles. The van der Waals surface area contributed by atoms with Gasteiger partial charge in [0.05, 0.1) is 0 Å². The van der Waals surface area contributed by atoms with E-state index in [1.807, 2.05) is 0 Å². The lowest BCUT2D eigenvalue weighted by Gasteiger charge is -2.55. The molecule has 1 aliphatic carbocycles. The molecule has 0 aromatic rings. The molecular weight excluding hydrogens is 244 g/mol. The summed E-state index contributed by atoms with van der Waals surface area (Å²) in [5, 5.41) is 0. The lowest BCUT2D eigenvalue weighted by atomic mass is 9.68. The van der Waals surface area contributed by atoms with Crippen LogP contribution in [0.2, 0.25) is 0 Å². The molecule has 2 bridgehead atoms. The molecule has 2 nitrogen and oxygen atoms in total. The predicted molar refractivity (Wildman–Crippen MR) is 85.8 cm³/mol. The average Bonchev–Trinajstić information content (AvgIpc) is 2.46. The van der Waals surface area contributed by atoms with Crippen molar-refractivity contribution in [2.45, 2.75) is 66.0 Å². The van der Waals surface area contributed by atoms with E-state index in [-0.39, 0.29) is 0 Å². The van der Waals surface area contributed by atoms with Crippen LogP contribution in [0.1, 0.15) is 54.4 Å². The zero-order chi connectivity index (χ0) is 14.7. The number of fused-ring (bicyclic) bond motifs is 2. The summed E-state index contributed by atoms with van der Waals surface area (Å²) in [5.74, 6) is 2.91. The number of piperidine rings is 1. The normalized spacial score (nSPS) is 37.2. The van der Waals surface area contributed by atoms with Gasteiger partial charge >= 0.3 is 0 Å². The first-order chi connectivity index (χ1) is 9.16. The van der Waals surface area contributed by atoms with Crippen LogP contribution < -0.4 is 0 Å². The Hall–Kier alpha value is -0.0800. The monoisotopic (exact) mass is 278 g/mol. The average molecular weight is 278 g/mol. The summed E-state index contributed by atoms with van der Waals surface area (Å²) in [6.07, 6.45) is 2.97. The lowest BCUT2D eigenvalue weighted by Crippen LogP contribution is -2.66.